The Hall–Kier alpha value is -2.63. The van der Waals surface area contributed by atoms with Gasteiger partial charge in [0.2, 0.25) is 5.60 Å². The number of carbonyl (C=O) groups is 1. The van der Waals surface area contributed by atoms with Crippen LogP contribution in [0.25, 0.3) is 0 Å². The summed E-state index contributed by atoms with van der Waals surface area (Å²) in [5, 5.41) is 11.3. The molecule has 1 N–H and O–H groups in total. The van der Waals surface area contributed by atoms with E-state index in [0.717, 1.165) is 17.0 Å². The number of nitrogens with one attached hydrogen (secondary N) is 1. The van der Waals surface area contributed by atoms with E-state index in [2.05, 4.69) is 15.6 Å². The van der Waals surface area contributed by atoms with Gasteiger partial charge in [0.1, 0.15) is 5.82 Å². The van der Waals surface area contributed by atoms with Crippen LogP contribution in [0.3, 0.4) is 0 Å². The summed E-state index contributed by atoms with van der Waals surface area (Å²) in [6.45, 7) is 6.31. The minimum Gasteiger partial charge on any atom is -0.379 e. The van der Waals surface area contributed by atoms with Gasteiger partial charge in [-0.25, -0.2) is 4.68 Å². The first-order valence-corrected chi connectivity index (χ1v) is 7.68. The van der Waals surface area contributed by atoms with Crippen LogP contribution in [0.2, 0.25) is 0 Å². The SMILES string of the molecule is CCn1nc(C)cc1NC(=O)C1(C)CC(c2ccccc2)=NO1. The Morgan fingerprint density at radius 1 is 1.39 bits per heavy atom. The predicted octanol–water partition coefficient (Wildman–Crippen LogP) is 2.73. The molecule has 3 rings (SSSR count). The molecular formula is C17H20N4O2. The molecule has 2 aromatic rings. The fourth-order valence-electron chi connectivity index (χ4n) is 2.58. The molecule has 6 nitrogen and oxygen atoms in total. The second-order valence-electron chi connectivity index (χ2n) is 5.84. The Bertz CT molecular complexity index is 751. The van der Waals surface area contributed by atoms with E-state index >= 15 is 0 Å². The maximum atomic E-state index is 12.6. The molecule has 0 saturated heterocycles. The normalized spacial score (nSPS) is 20.0. The summed E-state index contributed by atoms with van der Waals surface area (Å²) in [6, 6.07) is 11.6. The van der Waals surface area contributed by atoms with Crippen LogP contribution in [-0.4, -0.2) is 27.0 Å². The van der Waals surface area contributed by atoms with Crippen molar-refractivity contribution >= 4 is 17.4 Å². The fraction of sp³-hybridized carbons (Fsp3) is 0.353. The second kappa shape index (κ2) is 5.87. The van der Waals surface area contributed by atoms with Crippen molar-refractivity contribution in [3.63, 3.8) is 0 Å². The zero-order valence-electron chi connectivity index (χ0n) is 13.5. The van der Waals surface area contributed by atoms with Crippen molar-refractivity contribution in [2.24, 2.45) is 5.16 Å². The number of aryl methyl sites for hydroxylation is 2. The van der Waals surface area contributed by atoms with Crippen LogP contribution in [0.1, 0.15) is 31.5 Å². The number of rotatable bonds is 4. The highest BCUT2D eigenvalue weighted by Gasteiger charge is 2.42. The maximum absolute atomic E-state index is 12.6. The van der Waals surface area contributed by atoms with Gasteiger partial charge in [-0.2, -0.15) is 5.10 Å². The van der Waals surface area contributed by atoms with E-state index in [9.17, 15) is 4.79 Å². The standard InChI is InChI=1S/C17H20N4O2/c1-4-21-15(10-12(2)19-21)18-16(22)17(3)11-14(20-23-17)13-8-6-5-7-9-13/h5-10H,4,11H2,1-3H3,(H,18,22). The summed E-state index contributed by atoms with van der Waals surface area (Å²) >= 11 is 0. The summed E-state index contributed by atoms with van der Waals surface area (Å²) in [6.07, 6.45) is 0.433. The van der Waals surface area contributed by atoms with Crippen LogP contribution in [0.15, 0.2) is 41.6 Å². The van der Waals surface area contributed by atoms with Gasteiger partial charge >= 0.3 is 0 Å². The lowest BCUT2D eigenvalue weighted by molar-refractivity contribution is -0.136. The van der Waals surface area contributed by atoms with Crippen molar-refractivity contribution in [1.29, 1.82) is 0 Å². The molecule has 0 aliphatic carbocycles. The number of hydrogen-bond donors (Lipinski definition) is 1. The Labute approximate surface area is 135 Å². The summed E-state index contributed by atoms with van der Waals surface area (Å²) in [5.41, 5.74) is 1.60. The summed E-state index contributed by atoms with van der Waals surface area (Å²) < 4.78 is 1.75. The topological polar surface area (TPSA) is 68.5 Å². The van der Waals surface area contributed by atoms with Crippen molar-refractivity contribution < 1.29 is 9.63 Å². The predicted molar refractivity (Wildman–Crippen MR) is 88.4 cm³/mol. The molecule has 1 aromatic heterocycles. The Morgan fingerprint density at radius 2 is 2.13 bits per heavy atom. The minimum atomic E-state index is -1.01. The molecule has 120 valence electrons. The summed E-state index contributed by atoms with van der Waals surface area (Å²) in [4.78, 5) is 18.1. The first kappa shape index (κ1) is 15.3. The molecule has 0 fully saturated rings. The van der Waals surface area contributed by atoms with Gasteiger partial charge in [0.25, 0.3) is 5.91 Å². The average molecular weight is 312 g/mol. The van der Waals surface area contributed by atoms with Crippen molar-refractivity contribution in [2.45, 2.75) is 39.3 Å². The highest BCUT2D eigenvalue weighted by atomic mass is 16.7. The Kier molecular flexibility index (Phi) is 3.90. The molecule has 0 spiro atoms. The highest BCUT2D eigenvalue weighted by molar-refractivity contribution is 6.07. The summed E-state index contributed by atoms with van der Waals surface area (Å²) in [5.74, 6) is 0.453. The first-order valence-electron chi connectivity index (χ1n) is 7.68. The molecule has 1 unspecified atom stereocenters. The van der Waals surface area contributed by atoms with E-state index in [4.69, 9.17) is 4.84 Å². The van der Waals surface area contributed by atoms with Gasteiger partial charge in [-0.15, -0.1) is 0 Å². The number of nitrogens with zero attached hydrogens (tertiary/aromatic N) is 3. The zero-order valence-corrected chi connectivity index (χ0v) is 13.5. The van der Waals surface area contributed by atoms with Gasteiger partial charge in [-0.05, 0) is 26.3 Å². The van der Waals surface area contributed by atoms with E-state index in [-0.39, 0.29) is 5.91 Å². The molecule has 0 saturated carbocycles. The van der Waals surface area contributed by atoms with Crippen LogP contribution >= 0.6 is 0 Å². The zero-order chi connectivity index (χ0) is 16.4. The quantitative estimate of drug-likeness (QED) is 0.944. The van der Waals surface area contributed by atoms with Gasteiger partial charge in [-0.1, -0.05) is 35.5 Å². The van der Waals surface area contributed by atoms with Crippen LogP contribution in [0, 0.1) is 6.92 Å². The van der Waals surface area contributed by atoms with Crippen molar-refractivity contribution in [2.75, 3.05) is 5.32 Å². The Morgan fingerprint density at radius 3 is 2.83 bits per heavy atom. The van der Waals surface area contributed by atoms with Crippen LogP contribution < -0.4 is 5.32 Å². The molecule has 1 aromatic carbocycles. The average Bonchev–Trinajstić information content (AvgIpc) is 3.12. The number of amides is 1. The van der Waals surface area contributed by atoms with E-state index in [0.29, 0.717) is 18.8 Å². The molecule has 1 atom stereocenters. The van der Waals surface area contributed by atoms with Gasteiger partial charge in [-0.3, -0.25) is 4.79 Å². The number of aromatic nitrogens is 2. The van der Waals surface area contributed by atoms with Gasteiger partial charge < -0.3 is 10.2 Å². The molecule has 6 heteroatoms. The third-order valence-corrected chi connectivity index (χ3v) is 3.89. The molecule has 0 bridgehead atoms. The molecule has 1 amide bonds. The van der Waals surface area contributed by atoms with Crippen LogP contribution in [-0.2, 0) is 16.2 Å². The van der Waals surface area contributed by atoms with Gasteiger partial charge in [0.05, 0.1) is 11.4 Å². The van der Waals surface area contributed by atoms with Crippen LogP contribution in [0.4, 0.5) is 5.82 Å². The largest absolute Gasteiger partial charge is 0.379 e. The number of benzene rings is 1. The molecule has 1 aliphatic heterocycles. The lowest BCUT2D eigenvalue weighted by atomic mass is 9.95. The maximum Gasteiger partial charge on any atom is 0.272 e. The van der Waals surface area contributed by atoms with E-state index in [1.807, 2.05) is 50.2 Å². The molecular weight excluding hydrogens is 292 g/mol. The van der Waals surface area contributed by atoms with Gasteiger partial charge in [0.15, 0.2) is 0 Å². The smallest absolute Gasteiger partial charge is 0.272 e. The first-order chi connectivity index (χ1) is 11.0. The monoisotopic (exact) mass is 312 g/mol. The number of carbonyl (C=O) groups excluding carboxylic acids is 1. The van der Waals surface area contributed by atoms with E-state index in [1.165, 1.54) is 0 Å². The number of oxime groups is 1. The highest BCUT2D eigenvalue weighted by Crippen LogP contribution is 2.28. The third kappa shape index (κ3) is 2.97. The minimum absolute atomic E-state index is 0.221. The fourth-order valence-corrected chi connectivity index (χ4v) is 2.58. The third-order valence-electron chi connectivity index (χ3n) is 3.89. The number of hydrogen-bond acceptors (Lipinski definition) is 4. The molecule has 1 aliphatic rings. The van der Waals surface area contributed by atoms with Crippen LogP contribution in [0.5, 0.6) is 0 Å². The summed E-state index contributed by atoms with van der Waals surface area (Å²) in [7, 11) is 0. The molecule has 2 heterocycles. The molecule has 0 radical (unpaired) electrons. The van der Waals surface area contributed by atoms with E-state index < -0.39 is 5.60 Å². The lowest BCUT2D eigenvalue weighted by Crippen LogP contribution is -2.40. The van der Waals surface area contributed by atoms with E-state index in [1.54, 1.807) is 11.6 Å². The van der Waals surface area contributed by atoms with Gasteiger partial charge in [0, 0.05) is 19.0 Å². The van der Waals surface area contributed by atoms with Crippen molar-refractivity contribution in [3.8, 4) is 0 Å². The van der Waals surface area contributed by atoms with Crippen molar-refractivity contribution in [3.05, 3.63) is 47.7 Å². The molecule has 23 heavy (non-hydrogen) atoms. The Balaban J connectivity index is 1.73. The lowest BCUT2D eigenvalue weighted by Gasteiger charge is -2.20. The van der Waals surface area contributed by atoms with Crippen molar-refractivity contribution in [1.82, 2.24) is 9.78 Å². The number of anilines is 1. The second-order valence-corrected chi connectivity index (χ2v) is 5.84.